The third kappa shape index (κ3) is 3.11. The zero-order valence-corrected chi connectivity index (χ0v) is 10.8. The van der Waals surface area contributed by atoms with Crippen molar-refractivity contribution in [3.05, 3.63) is 23.5 Å². The van der Waals surface area contributed by atoms with E-state index < -0.39 is 0 Å². The lowest BCUT2D eigenvalue weighted by atomic mass is 9.91. The third-order valence-electron chi connectivity index (χ3n) is 3.59. The molecule has 0 saturated heterocycles. The first-order valence-electron chi connectivity index (χ1n) is 6.88. The van der Waals surface area contributed by atoms with E-state index in [-0.39, 0.29) is 0 Å². The number of unbranched alkanes of at least 4 members (excludes halogenated alkanes) is 1. The summed E-state index contributed by atoms with van der Waals surface area (Å²) in [6, 6.07) is 0.558. The zero-order chi connectivity index (χ0) is 12.1. The van der Waals surface area contributed by atoms with Crippen LogP contribution in [0, 0.1) is 0 Å². The van der Waals surface area contributed by atoms with Crippen LogP contribution in [0.2, 0.25) is 0 Å². The largest absolute Gasteiger partial charge is 0.396 e. The van der Waals surface area contributed by atoms with Crippen molar-refractivity contribution in [2.24, 2.45) is 0 Å². The van der Waals surface area contributed by atoms with E-state index in [1.165, 1.54) is 30.4 Å². The van der Waals surface area contributed by atoms with E-state index in [0.29, 0.717) is 12.6 Å². The van der Waals surface area contributed by atoms with Gasteiger partial charge in [-0.1, -0.05) is 6.92 Å². The highest BCUT2D eigenvalue weighted by molar-refractivity contribution is 5.30. The van der Waals surface area contributed by atoms with Gasteiger partial charge in [0, 0.05) is 31.6 Å². The maximum atomic E-state index is 8.80. The third-order valence-corrected chi connectivity index (χ3v) is 3.59. The Morgan fingerprint density at radius 2 is 2.29 bits per heavy atom. The summed E-state index contributed by atoms with van der Waals surface area (Å²) in [7, 11) is 0. The van der Waals surface area contributed by atoms with Crippen LogP contribution in [0.1, 0.15) is 49.8 Å². The second kappa shape index (κ2) is 6.22. The molecule has 1 atom stereocenters. The highest BCUT2D eigenvalue weighted by Crippen LogP contribution is 2.30. The average molecular weight is 236 g/mol. The van der Waals surface area contributed by atoms with E-state index in [1.807, 2.05) is 0 Å². The summed E-state index contributed by atoms with van der Waals surface area (Å²) in [6.07, 6.45) is 10.4. The van der Waals surface area contributed by atoms with Gasteiger partial charge < -0.3 is 15.0 Å². The Morgan fingerprint density at radius 3 is 3.06 bits per heavy atom. The number of aliphatic hydroxyl groups excluding tert-OH is 1. The zero-order valence-electron chi connectivity index (χ0n) is 10.8. The summed E-state index contributed by atoms with van der Waals surface area (Å²) in [5.74, 6) is 0. The summed E-state index contributed by atoms with van der Waals surface area (Å²) in [4.78, 5) is 0. The second-order valence-corrected chi connectivity index (χ2v) is 4.91. The van der Waals surface area contributed by atoms with Crippen molar-refractivity contribution in [2.45, 2.75) is 51.6 Å². The van der Waals surface area contributed by atoms with E-state index in [1.54, 1.807) is 0 Å². The van der Waals surface area contributed by atoms with Crippen LogP contribution in [0.5, 0.6) is 0 Å². The van der Waals surface area contributed by atoms with Crippen molar-refractivity contribution < 1.29 is 5.11 Å². The monoisotopic (exact) mass is 236 g/mol. The van der Waals surface area contributed by atoms with Crippen molar-refractivity contribution in [3.63, 3.8) is 0 Å². The first kappa shape index (κ1) is 12.7. The molecule has 96 valence electrons. The molecule has 0 aromatic carbocycles. The van der Waals surface area contributed by atoms with Crippen LogP contribution in [0.4, 0.5) is 0 Å². The van der Waals surface area contributed by atoms with Crippen molar-refractivity contribution in [2.75, 3.05) is 13.2 Å². The molecule has 3 heteroatoms. The van der Waals surface area contributed by atoms with Crippen molar-refractivity contribution >= 4 is 0 Å². The minimum atomic E-state index is 0.307. The smallest absolute Gasteiger partial charge is 0.0431 e. The highest BCUT2D eigenvalue weighted by atomic mass is 16.2. The topological polar surface area (TPSA) is 37.2 Å². The Labute approximate surface area is 104 Å². The van der Waals surface area contributed by atoms with Crippen molar-refractivity contribution in [1.29, 1.82) is 0 Å². The molecule has 0 bridgehead atoms. The van der Waals surface area contributed by atoms with E-state index in [9.17, 15) is 0 Å². The van der Waals surface area contributed by atoms with Gasteiger partial charge >= 0.3 is 0 Å². The molecule has 0 radical (unpaired) electrons. The van der Waals surface area contributed by atoms with E-state index in [4.69, 9.17) is 5.11 Å². The molecule has 2 N–H and O–H groups in total. The number of aromatic nitrogens is 1. The van der Waals surface area contributed by atoms with Crippen molar-refractivity contribution in [1.82, 2.24) is 9.88 Å². The van der Waals surface area contributed by atoms with Crippen molar-refractivity contribution in [3.8, 4) is 0 Å². The van der Waals surface area contributed by atoms with Gasteiger partial charge in [0.25, 0.3) is 0 Å². The van der Waals surface area contributed by atoms with Crippen LogP contribution in [-0.2, 0) is 13.0 Å². The normalized spacial score (nSPS) is 19.3. The van der Waals surface area contributed by atoms with E-state index >= 15 is 0 Å². The molecule has 1 unspecified atom stereocenters. The number of hydrogen-bond acceptors (Lipinski definition) is 2. The fraction of sp³-hybridized carbons (Fsp3) is 0.714. The Balaban J connectivity index is 2.02. The average Bonchev–Trinajstić information content (AvgIpc) is 2.74. The van der Waals surface area contributed by atoms with Crippen LogP contribution in [0.3, 0.4) is 0 Å². The molecule has 2 rings (SSSR count). The molecule has 17 heavy (non-hydrogen) atoms. The molecule has 1 aromatic rings. The SMILES string of the molecule is CCNC1CCCc2cn(CCCCO)cc21. The molecule has 0 aliphatic heterocycles. The molecule has 1 aromatic heterocycles. The number of rotatable bonds is 6. The lowest BCUT2D eigenvalue weighted by Gasteiger charge is -2.22. The van der Waals surface area contributed by atoms with Gasteiger partial charge in [0.05, 0.1) is 0 Å². The Kier molecular flexibility index (Phi) is 4.63. The van der Waals surface area contributed by atoms with Gasteiger partial charge in [-0.05, 0) is 49.8 Å². The molecule has 0 spiro atoms. The van der Waals surface area contributed by atoms with Crippen LogP contribution < -0.4 is 5.32 Å². The Morgan fingerprint density at radius 1 is 1.41 bits per heavy atom. The summed E-state index contributed by atoms with van der Waals surface area (Å²) in [6.45, 7) is 4.56. The lowest BCUT2D eigenvalue weighted by molar-refractivity contribution is 0.281. The van der Waals surface area contributed by atoms with Gasteiger partial charge in [0.1, 0.15) is 0 Å². The minimum Gasteiger partial charge on any atom is -0.396 e. The van der Waals surface area contributed by atoms with Crippen LogP contribution in [-0.4, -0.2) is 22.8 Å². The predicted octanol–water partition coefficient (Wildman–Crippen LogP) is 2.25. The lowest BCUT2D eigenvalue weighted by Crippen LogP contribution is -2.23. The summed E-state index contributed by atoms with van der Waals surface area (Å²) < 4.78 is 2.30. The first-order valence-corrected chi connectivity index (χ1v) is 6.88. The number of nitrogens with zero attached hydrogens (tertiary/aromatic N) is 1. The fourth-order valence-electron chi connectivity index (χ4n) is 2.74. The Hall–Kier alpha value is -0.800. The fourth-order valence-corrected chi connectivity index (χ4v) is 2.74. The molecular formula is C14H24N2O. The molecule has 0 amide bonds. The second-order valence-electron chi connectivity index (χ2n) is 4.91. The molecule has 1 aliphatic carbocycles. The summed E-state index contributed by atoms with van der Waals surface area (Å²) >= 11 is 0. The minimum absolute atomic E-state index is 0.307. The molecule has 1 heterocycles. The van der Waals surface area contributed by atoms with Crippen LogP contribution in [0.25, 0.3) is 0 Å². The highest BCUT2D eigenvalue weighted by Gasteiger charge is 2.20. The molecular weight excluding hydrogens is 212 g/mol. The van der Waals surface area contributed by atoms with E-state index in [0.717, 1.165) is 25.9 Å². The number of aryl methyl sites for hydroxylation is 2. The van der Waals surface area contributed by atoms with Crippen LogP contribution >= 0.6 is 0 Å². The number of aliphatic hydroxyl groups is 1. The van der Waals surface area contributed by atoms with Gasteiger partial charge in [-0.2, -0.15) is 0 Å². The summed E-state index contributed by atoms with van der Waals surface area (Å²) in [5, 5.41) is 12.4. The molecule has 3 nitrogen and oxygen atoms in total. The standard InChI is InChI=1S/C14H24N2O/c1-2-15-14-7-5-6-12-10-16(11-13(12)14)8-3-4-9-17/h10-11,14-15,17H,2-9H2,1H3. The number of nitrogens with one attached hydrogen (secondary N) is 1. The predicted molar refractivity (Wildman–Crippen MR) is 70.1 cm³/mol. The Bertz CT molecular complexity index is 346. The van der Waals surface area contributed by atoms with Gasteiger partial charge in [-0.3, -0.25) is 0 Å². The molecule has 1 aliphatic rings. The maximum Gasteiger partial charge on any atom is 0.0431 e. The molecule has 0 saturated carbocycles. The number of fused-ring (bicyclic) bond motifs is 1. The quantitative estimate of drug-likeness (QED) is 0.743. The van der Waals surface area contributed by atoms with Gasteiger partial charge in [0.2, 0.25) is 0 Å². The first-order chi connectivity index (χ1) is 8.35. The van der Waals surface area contributed by atoms with Gasteiger partial charge in [-0.25, -0.2) is 0 Å². The summed E-state index contributed by atoms with van der Waals surface area (Å²) in [5.41, 5.74) is 3.02. The maximum absolute atomic E-state index is 8.80. The number of hydrogen-bond donors (Lipinski definition) is 2. The van der Waals surface area contributed by atoms with E-state index in [2.05, 4.69) is 29.2 Å². The van der Waals surface area contributed by atoms with Gasteiger partial charge in [0.15, 0.2) is 0 Å². The van der Waals surface area contributed by atoms with Gasteiger partial charge in [-0.15, -0.1) is 0 Å². The van der Waals surface area contributed by atoms with Crippen LogP contribution in [0.15, 0.2) is 12.4 Å². The molecule has 0 fully saturated rings.